The lowest BCUT2D eigenvalue weighted by atomic mass is 9.96. The largest absolute Gasteiger partial charge is 0.494 e. The molecule has 21 heavy (non-hydrogen) atoms. The van der Waals surface area contributed by atoms with Crippen LogP contribution in [0, 0.1) is 13.8 Å². The summed E-state index contributed by atoms with van der Waals surface area (Å²) in [6.45, 7) is 9.08. The highest BCUT2D eigenvalue weighted by molar-refractivity contribution is 5.78. The Hall–Kier alpha value is -1.55. The fraction of sp³-hybridized carbons (Fsp3) is 0.588. The first-order valence-electron chi connectivity index (χ1n) is 7.57. The SMILES string of the molecule is CCCNC(C)(CCCOc1cc(C)cc(C)c1)C(=O)O. The van der Waals surface area contributed by atoms with Gasteiger partial charge in [-0.2, -0.15) is 0 Å². The second-order valence-electron chi connectivity index (χ2n) is 5.84. The van der Waals surface area contributed by atoms with Crippen molar-refractivity contribution in [2.24, 2.45) is 0 Å². The molecule has 0 radical (unpaired) electrons. The van der Waals surface area contributed by atoms with E-state index >= 15 is 0 Å². The number of aryl methyl sites for hydroxylation is 2. The van der Waals surface area contributed by atoms with Crippen LogP contribution in [0.4, 0.5) is 0 Å². The molecule has 4 nitrogen and oxygen atoms in total. The Balaban J connectivity index is 2.45. The van der Waals surface area contributed by atoms with Gasteiger partial charge in [-0.3, -0.25) is 4.79 Å². The number of carboxylic acids is 1. The lowest BCUT2D eigenvalue weighted by Crippen LogP contribution is -2.49. The first-order chi connectivity index (χ1) is 9.87. The van der Waals surface area contributed by atoms with Crippen LogP contribution in [0.15, 0.2) is 18.2 Å². The predicted molar refractivity (Wildman–Crippen MR) is 85.0 cm³/mol. The summed E-state index contributed by atoms with van der Waals surface area (Å²) in [6.07, 6.45) is 2.17. The number of hydrogen-bond acceptors (Lipinski definition) is 3. The highest BCUT2D eigenvalue weighted by Crippen LogP contribution is 2.18. The van der Waals surface area contributed by atoms with Crippen LogP contribution in [0.2, 0.25) is 0 Å². The topological polar surface area (TPSA) is 58.6 Å². The van der Waals surface area contributed by atoms with E-state index in [1.807, 2.05) is 32.9 Å². The van der Waals surface area contributed by atoms with Crippen molar-refractivity contribution in [2.45, 2.75) is 52.5 Å². The maximum Gasteiger partial charge on any atom is 0.323 e. The first-order valence-corrected chi connectivity index (χ1v) is 7.57. The van der Waals surface area contributed by atoms with Crippen molar-refractivity contribution in [3.63, 3.8) is 0 Å². The van der Waals surface area contributed by atoms with Crippen molar-refractivity contribution in [1.29, 1.82) is 0 Å². The van der Waals surface area contributed by atoms with Crippen LogP contribution in [0.5, 0.6) is 5.75 Å². The summed E-state index contributed by atoms with van der Waals surface area (Å²) < 4.78 is 5.73. The molecule has 0 fully saturated rings. The molecule has 1 unspecified atom stereocenters. The summed E-state index contributed by atoms with van der Waals surface area (Å²) in [5, 5.41) is 12.5. The van der Waals surface area contributed by atoms with Gasteiger partial charge in [-0.25, -0.2) is 0 Å². The van der Waals surface area contributed by atoms with E-state index in [1.165, 1.54) is 11.1 Å². The molecule has 1 atom stereocenters. The van der Waals surface area contributed by atoms with E-state index < -0.39 is 11.5 Å². The summed E-state index contributed by atoms with van der Waals surface area (Å²) in [5.74, 6) is 0.0494. The molecule has 1 aromatic rings. The standard InChI is InChI=1S/C17H27NO3/c1-5-8-18-17(4,16(19)20)7-6-9-21-15-11-13(2)10-14(3)12-15/h10-12,18H,5-9H2,1-4H3,(H,19,20). The summed E-state index contributed by atoms with van der Waals surface area (Å²) in [4.78, 5) is 11.4. The number of ether oxygens (including phenoxy) is 1. The zero-order chi connectivity index (χ0) is 15.9. The van der Waals surface area contributed by atoms with Gasteiger partial charge in [-0.1, -0.05) is 13.0 Å². The molecular weight excluding hydrogens is 266 g/mol. The van der Waals surface area contributed by atoms with E-state index in [4.69, 9.17) is 4.74 Å². The minimum absolute atomic E-state index is 0.527. The van der Waals surface area contributed by atoms with Gasteiger partial charge in [0, 0.05) is 0 Å². The summed E-state index contributed by atoms with van der Waals surface area (Å²) in [6, 6.07) is 6.10. The Labute approximate surface area is 127 Å². The monoisotopic (exact) mass is 293 g/mol. The van der Waals surface area contributed by atoms with Gasteiger partial charge in [-0.15, -0.1) is 0 Å². The number of benzene rings is 1. The Bertz CT molecular complexity index is 453. The third kappa shape index (κ3) is 5.76. The van der Waals surface area contributed by atoms with Gasteiger partial charge in [0.05, 0.1) is 6.61 Å². The van der Waals surface area contributed by atoms with Crippen LogP contribution in [-0.2, 0) is 4.79 Å². The Kier molecular flexibility index (Phi) is 6.69. The zero-order valence-corrected chi connectivity index (χ0v) is 13.5. The lowest BCUT2D eigenvalue weighted by molar-refractivity contribution is -0.144. The number of carboxylic acid groups (broad SMARTS) is 1. The van der Waals surface area contributed by atoms with Crippen molar-refractivity contribution in [2.75, 3.05) is 13.2 Å². The van der Waals surface area contributed by atoms with Crippen LogP contribution in [0.3, 0.4) is 0 Å². The van der Waals surface area contributed by atoms with Crippen LogP contribution in [0.1, 0.15) is 44.2 Å². The molecule has 0 amide bonds. The molecule has 2 N–H and O–H groups in total. The number of rotatable bonds is 9. The van der Waals surface area contributed by atoms with E-state index in [-0.39, 0.29) is 0 Å². The number of carbonyl (C=O) groups is 1. The molecule has 0 saturated carbocycles. The van der Waals surface area contributed by atoms with E-state index in [0.29, 0.717) is 26.0 Å². The molecule has 4 heteroatoms. The molecule has 0 aromatic heterocycles. The van der Waals surface area contributed by atoms with Crippen molar-refractivity contribution in [3.05, 3.63) is 29.3 Å². The number of hydrogen-bond donors (Lipinski definition) is 2. The zero-order valence-electron chi connectivity index (χ0n) is 13.5. The van der Waals surface area contributed by atoms with Gasteiger partial charge in [0.25, 0.3) is 0 Å². The quantitative estimate of drug-likeness (QED) is 0.686. The average molecular weight is 293 g/mol. The number of aliphatic carboxylic acids is 1. The van der Waals surface area contributed by atoms with Gasteiger partial charge in [0.1, 0.15) is 11.3 Å². The minimum atomic E-state index is -0.873. The molecule has 0 aliphatic rings. The molecule has 0 saturated heterocycles. The van der Waals surface area contributed by atoms with Crippen LogP contribution in [0.25, 0.3) is 0 Å². The van der Waals surface area contributed by atoms with Gasteiger partial charge in [0.2, 0.25) is 0 Å². The highest BCUT2D eigenvalue weighted by Gasteiger charge is 2.31. The predicted octanol–water partition coefficient (Wildman–Crippen LogP) is 3.31. The lowest BCUT2D eigenvalue weighted by Gasteiger charge is -2.26. The molecule has 0 aliphatic heterocycles. The maximum atomic E-state index is 11.4. The Morgan fingerprint density at radius 1 is 1.29 bits per heavy atom. The third-order valence-electron chi connectivity index (χ3n) is 3.52. The van der Waals surface area contributed by atoms with E-state index in [2.05, 4.69) is 11.4 Å². The second-order valence-corrected chi connectivity index (χ2v) is 5.84. The molecule has 1 rings (SSSR count). The van der Waals surface area contributed by atoms with E-state index in [0.717, 1.165) is 12.2 Å². The van der Waals surface area contributed by atoms with Crippen LogP contribution >= 0.6 is 0 Å². The van der Waals surface area contributed by atoms with Crippen molar-refractivity contribution in [1.82, 2.24) is 5.32 Å². The fourth-order valence-corrected chi connectivity index (χ4v) is 2.30. The smallest absolute Gasteiger partial charge is 0.323 e. The van der Waals surface area contributed by atoms with E-state index in [1.54, 1.807) is 6.92 Å². The molecule has 0 bridgehead atoms. The van der Waals surface area contributed by atoms with Gasteiger partial charge >= 0.3 is 5.97 Å². The molecule has 0 aliphatic carbocycles. The Morgan fingerprint density at radius 3 is 2.43 bits per heavy atom. The average Bonchev–Trinajstić information content (AvgIpc) is 2.40. The van der Waals surface area contributed by atoms with Crippen molar-refractivity contribution >= 4 is 5.97 Å². The first kappa shape index (κ1) is 17.5. The minimum Gasteiger partial charge on any atom is -0.494 e. The molecular formula is C17H27NO3. The maximum absolute atomic E-state index is 11.4. The van der Waals surface area contributed by atoms with E-state index in [9.17, 15) is 9.90 Å². The summed E-state index contributed by atoms with van der Waals surface area (Å²) in [7, 11) is 0. The summed E-state index contributed by atoms with van der Waals surface area (Å²) in [5.41, 5.74) is 1.47. The number of nitrogens with one attached hydrogen (secondary N) is 1. The van der Waals surface area contributed by atoms with Gasteiger partial charge < -0.3 is 15.2 Å². The summed E-state index contributed by atoms with van der Waals surface area (Å²) >= 11 is 0. The van der Waals surface area contributed by atoms with Crippen LogP contribution in [-0.4, -0.2) is 29.8 Å². The second kappa shape index (κ2) is 8.03. The molecule has 1 aromatic carbocycles. The molecule has 0 heterocycles. The van der Waals surface area contributed by atoms with Crippen molar-refractivity contribution in [3.8, 4) is 5.75 Å². The Morgan fingerprint density at radius 2 is 1.90 bits per heavy atom. The van der Waals surface area contributed by atoms with Crippen molar-refractivity contribution < 1.29 is 14.6 Å². The normalized spacial score (nSPS) is 13.7. The third-order valence-corrected chi connectivity index (χ3v) is 3.52. The fourth-order valence-electron chi connectivity index (χ4n) is 2.30. The van der Waals surface area contributed by atoms with Gasteiger partial charge in [-0.05, 0) is 69.8 Å². The highest BCUT2D eigenvalue weighted by atomic mass is 16.5. The van der Waals surface area contributed by atoms with Gasteiger partial charge in [0.15, 0.2) is 0 Å². The molecule has 118 valence electrons. The van der Waals surface area contributed by atoms with Crippen LogP contribution < -0.4 is 10.1 Å². The molecule has 0 spiro atoms.